The van der Waals surface area contributed by atoms with E-state index < -0.39 is 0 Å². The lowest BCUT2D eigenvalue weighted by atomic mass is 9.87. The third-order valence-corrected chi connectivity index (χ3v) is 4.90. The third-order valence-electron chi connectivity index (χ3n) is 4.90. The Morgan fingerprint density at radius 3 is 2.53 bits per heavy atom. The maximum absolute atomic E-state index is 12.2. The van der Waals surface area contributed by atoms with Crippen molar-refractivity contribution >= 4 is 5.91 Å². The summed E-state index contributed by atoms with van der Waals surface area (Å²) in [5, 5.41) is 3.18. The molecule has 0 aliphatic heterocycles. The van der Waals surface area contributed by atoms with Crippen molar-refractivity contribution in [2.24, 2.45) is 23.0 Å². The summed E-state index contributed by atoms with van der Waals surface area (Å²) in [5.41, 5.74) is 5.68. The smallest absolute Gasteiger partial charge is 0.225 e. The molecule has 0 spiro atoms. The van der Waals surface area contributed by atoms with Gasteiger partial charge in [0.15, 0.2) is 0 Å². The SMILES string of the molecule is CC1(C(=O)NCC2CCCC2CN)CCCC1. The fourth-order valence-corrected chi connectivity index (χ4v) is 3.51. The summed E-state index contributed by atoms with van der Waals surface area (Å²) in [6.07, 6.45) is 8.29. The molecule has 0 heterocycles. The second kappa shape index (κ2) is 5.38. The Morgan fingerprint density at radius 2 is 1.88 bits per heavy atom. The maximum Gasteiger partial charge on any atom is 0.225 e. The predicted octanol–water partition coefficient (Wildman–Crippen LogP) is 2.06. The molecule has 2 aliphatic rings. The zero-order valence-electron chi connectivity index (χ0n) is 11.0. The zero-order valence-corrected chi connectivity index (χ0v) is 11.0. The molecule has 0 radical (unpaired) electrons. The summed E-state index contributed by atoms with van der Waals surface area (Å²) in [5.74, 6) is 1.53. The van der Waals surface area contributed by atoms with Crippen LogP contribution in [0.25, 0.3) is 0 Å². The zero-order chi connectivity index (χ0) is 12.3. The van der Waals surface area contributed by atoms with E-state index in [4.69, 9.17) is 5.73 Å². The first-order valence-electron chi connectivity index (χ1n) is 7.14. The fourth-order valence-electron chi connectivity index (χ4n) is 3.51. The van der Waals surface area contributed by atoms with Crippen LogP contribution in [0.3, 0.4) is 0 Å². The minimum Gasteiger partial charge on any atom is -0.355 e. The Kier molecular flexibility index (Phi) is 4.08. The summed E-state index contributed by atoms with van der Waals surface area (Å²) in [4.78, 5) is 12.2. The second-order valence-corrected chi connectivity index (χ2v) is 6.16. The van der Waals surface area contributed by atoms with Crippen LogP contribution in [0.2, 0.25) is 0 Å². The van der Waals surface area contributed by atoms with Crippen LogP contribution in [-0.2, 0) is 4.79 Å². The molecule has 2 unspecified atom stereocenters. The molecule has 2 aliphatic carbocycles. The highest BCUT2D eigenvalue weighted by atomic mass is 16.2. The van der Waals surface area contributed by atoms with E-state index >= 15 is 0 Å². The first-order valence-corrected chi connectivity index (χ1v) is 7.14. The van der Waals surface area contributed by atoms with Gasteiger partial charge < -0.3 is 11.1 Å². The van der Waals surface area contributed by atoms with Gasteiger partial charge in [0.2, 0.25) is 5.91 Å². The Balaban J connectivity index is 1.79. The third kappa shape index (κ3) is 2.82. The number of nitrogens with two attached hydrogens (primary N) is 1. The maximum atomic E-state index is 12.2. The van der Waals surface area contributed by atoms with Gasteiger partial charge in [0.25, 0.3) is 0 Å². The fraction of sp³-hybridized carbons (Fsp3) is 0.929. The van der Waals surface area contributed by atoms with Crippen molar-refractivity contribution in [3.63, 3.8) is 0 Å². The number of carbonyl (C=O) groups excluding carboxylic acids is 1. The van der Waals surface area contributed by atoms with Gasteiger partial charge in [-0.1, -0.05) is 26.2 Å². The van der Waals surface area contributed by atoms with E-state index in [2.05, 4.69) is 12.2 Å². The molecule has 0 aromatic carbocycles. The Bertz CT molecular complexity index is 271. The van der Waals surface area contributed by atoms with E-state index in [1.165, 1.54) is 32.1 Å². The van der Waals surface area contributed by atoms with Crippen molar-refractivity contribution in [2.75, 3.05) is 13.1 Å². The van der Waals surface area contributed by atoms with E-state index in [0.717, 1.165) is 25.9 Å². The van der Waals surface area contributed by atoms with E-state index in [1.54, 1.807) is 0 Å². The van der Waals surface area contributed by atoms with Crippen molar-refractivity contribution in [2.45, 2.75) is 51.9 Å². The molecule has 17 heavy (non-hydrogen) atoms. The number of nitrogens with one attached hydrogen (secondary N) is 1. The van der Waals surface area contributed by atoms with Gasteiger partial charge in [-0.05, 0) is 44.1 Å². The average molecular weight is 238 g/mol. The van der Waals surface area contributed by atoms with Crippen LogP contribution in [-0.4, -0.2) is 19.0 Å². The Morgan fingerprint density at radius 1 is 1.24 bits per heavy atom. The molecule has 0 saturated heterocycles. The molecular weight excluding hydrogens is 212 g/mol. The van der Waals surface area contributed by atoms with Crippen LogP contribution in [0.5, 0.6) is 0 Å². The van der Waals surface area contributed by atoms with Crippen LogP contribution < -0.4 is 11.1 Å². The van der Waals surface area contributed by atoms with Crippen LogP contribution in [0.15, 0.2) is 0 Å². The highest BCUT2D eigenvalue weighted by molar-refractivity contribution is 5.82. The van der Waals surface area contributed by atoms with Crippen molar-refractivity contribution in [3.8, 4) is 0 Å². The molecule has 2 rings (SSSR count). The van der Waals surface area contributed by atoms with Gasteiger partial charge in [-0.3, -0.25) is 4.79 Å². The quantitative estimate of drug-likeness (QED) is 0.787. The number of carbonyl (C=O) groups is 1. The minimum atomic E-state index is -0.0865. The minimum absolute atomic E-state index is 0.0865. The molecule has 2 atom stereocenters. The van der Waals surface area contributed by atoms with Crippen molar-refractivity contribution < 1.29 is 4.79 Å². The molecule has 3 N–H and O–H groups in total. The van der Waals surface area contributed by atoms with E-state index in [-0.39, 0.29) is 11.3 Å². The molecule has 0 bridgehead atoms. The van der Waals surface area contributed by atoms with E-state index in [1.807, 2.05) is 0 Å². The molecule has 1 amide bonds. The van der Waals surface area contributed by atoms with Gasteiger partial charge in [0.1, 0.15) is 0 Å². The standard InChI is InChI=1S/C14H26N2O/c1-14(7-2-3-8-14)13(17)16-10-12-6-4-5-11(12)9-15/h11-12H,2-10,15H2,1H3,(H,16,17). The first kappa shape index (κ1) is 12.9. The largest absolute Gasteiger partial charge is 0.355 e. The average Bonchev–Trinajstić information content (AvgIpc) is 2.95. The van der Waals surface area contributed by atoms with Crippen molar-refractivity contribution in [1.29, 1.82) is 0 Å². The summed E-state index contributed by atoms with van der Waals surface area (Å²) in [7, 11) is 0. The van der Waals surface area contributed by atoms with Gasteiger partial charge >= 0.3 is 0 Å². The topological polar surface area (TPSA) is 55.1 Å². The highest BCUT2D eigenvalue weighted by Crippen LogP contribution is 2.38. The van der Waals surface area contributed by atoms with Crippen LogP contribution >= 0.6 is 0 Å². The second-order valence-electron chi connectivity index (χ2n) is 6.16. The Hall–Kier alpha value is -0.570. The summed E-state index contributed by atoms with van der Waals surface area (Å²) in [6.45, 7) is 3.73. The van der Waals surface area contributed by atoms with Crippen molar-refractivity contribution in [3.05, 3.63) is 0 Å². The molecular formula is C14H26N2O. The number of hydrogen-bond donors (Lipinski definition) is 2. The van der Waals surface area contributed by atoms with E-state index in [9.17, 15) is 4.79 Å². The molecule has 98 valence electrons. The molecule has 3 nitrogen and oxygen atoms in total. The summed E-state index contributed by atoms with van der Waals surface area (Å²) >= 11 is 0. The van der Waals surface area contributed by atoms with Crippen LogP contribution in [0.1, 0.15) is 51.9 Å². The summed E-state index contributed by atoms with van der Waals surface area (Å²) < 4.78 is 0. The molecule has 2 fully saturated rings. The first-order chi connectivity index (χ1) is 8.15. The molecule has 2 saturated carbocycles. The predicted molar refractivity (Wildman–Crippen MR) is 69.5 cm³/mol. The van der Waals surface area contributed by atoms with Gasteiger partial charge in [-0.15, -0.1) is 0 Å². The van der Waals surface area contributed by atoms with Crippen molar-refractivity contribution in [1.82, 2.24) is 5.32 Å². The van der Waals surface area contributed by atoms with Crippen LogP contribution in [0.4, 0.5) is 0 Å². The lowest BCUT2D eigenvalue weighted by Gasteiger charge is -2.25. The lowest BCUT2D eigenvalue weighted by Crippen LogP contribution is -2.40. The Labute approximate surface area is 105 Å². The van der Waals surface area contributed by atoms with E-state index in [0.29, 0.717) is 11.8 Å². The number of hydrogen-bond acceptors (Lipinski definition) is 2. The van der Waals surface area contributed by atoms with Gasteiger partial charge in [0, 0.05) is 12.0 Å². The molecule has 3 heteroatoms. The lowest BCUT2D eigenvalue weighted by molar-refractivity contribution is -0.130. The highest BCUT2D eigenvalue weighted by Gasteiger charge is 2.36. The number of rotatable bonds is 4. The normalized spacial score (nSPS) is 31.6. The number of amides is 1. The van der Waals surface area contributed by atoms with Crippen LogP contribution in [0, 0.1) is 17.3 Å². The summed E-state index contributed by atoms with van der Waals surface area (Å²) in [6, 6.07) is 0. The monoisotopic (exact) mass is 238 g/mol. The molecule has 0 aromatic heterocycles. The van der Waals surface area contributed by atoms with Gasteiger partial charge in [0.05, 0.1) is 0 Å². The van der Waals surface area contributed by atoms with Gasteiger partial charge in [-0.2, -0.15) is 0 Å². The molecule has 0 aromatic rings. The van der Waals surface area contributed by atoms with Gasteiger partial charge in [-0.25, -0.2) is 0 Å².